The zero-order valence-corrected chi connectivity index (χ0v) is 11.8. The van der Waals surface area contributed by atoms with Crippen molar-refractivity contribution in [1.29, 1.82) is 0 Å². The molecule has 0 bridgehead atoms. The smallest absolute Gasteiger partial charge is 0.256 e. The maximum absolute atomic E-state index is 12.6. The molecule has 1 aromatic rings. The van der Waals surface area contributed by atoms with E-state index >= 15 is 0 Å². The highest BCUT2D eigenvalue weighted by Crippen LogP contribution is 2.41. The molecule has 21 heavy (non-hydrogen) atoms. The fourth-order valence-corrected chi connectivity index (χ4v) is 4.54. The Bertz CT molecular complexity index is 624. The summed E-state index contributed by atoms with van der Waals surface area (Å²) in [6.07, 6.45) is -2.45. The highest BCUT2D eigenvalue weighted by Gasteiger charge is 2.46. The van der Waals surface area contributed by atoms with E-state index in [2.05, 4.69) is 10.9 Å². The molecule has 2 fully saturated rings. The van der Waals surface area contributed by atoms with E-state index in [1.54, 1.807) is 0 Å². The van der Waals surface area contributed by atoms with Crippen LogP contribution in [0.1, 0.15) is 18.4 Å². The van der Waals surface area contributed by atoms with E-state index in [9.17, 15) is 21.6 Å². The third-order valence-corrected chi connectivity index (χ3v) is 6.11. The van der Waals surface area contributed by atoms with Crippen molar-refractivity contribution < 1.29 is 21.6 Å². The number of hydrogen-bond donors (Lipinski definition) is 2. The average molecular weight is 320 g/mol. The molecule has 1 aliphatic heterocycles. The van der Waals surface area contributed by atoms with Gasteiger partial charge in [0.15, 0.2) is 9.84 Å². The molecule has 1 saturated heterocycles. The molecule has 2 N–H and O–H groups in total. The lowest BCUT2D eigenvalue weighted by Gasteiger charge is -2.18. The Morgan fingerprint density at radius 2 is 1.71 bits per heavy atom. The number of halogens is 3. The van der Waals surface area contributed by atoms with Crippen molar-refractivity contribution in [3.8, 4) is 0 Å². The van der Waals surface area contributed by atoms with Crippen molar-refractivity contribution in [2.75, 3.05) is 6.54 Å². The maximum Gasteiger partial charge on any atom is 0.416 e. The van der Waals surface area contributed by atoms with Gasteiger partial charge in [0, 0.05) is 12.5 Å². The summed E-state index contributed by atoms with van der Waals surface area (Å²) < 4.78 is 62.7. The van der Waals surface area contributed by atoms with E-state index in [0.717, 1.165) is 37.1 Å². The quantitative estimate of drug-likeness (QED) is 0.894. The molecular weight excluding hydrogens is 305 g/mol. The molecule has 2 atom stereocenters. The van der Waals surface area contributed by atoms with E-state index in [0.29, 0.717) is 12.5 Å². The second-order valence-electron chi connectivity index (χ2n) is 5.51. The van der Waals surface area contributed by atoms with Crippen LogP contribution in [0, 0.1) is 11.8 Å². The van der Waals surface area contributed by atoms with Crippen molar-refractivity contribution in [2.24, 2.45) is 11.8 Å². The van der Waals surface area contributed by atoms with Gasteiger partial charge in [0.1, 0.15) is 5.37 Å². The topological polar surface area (TPSA) is 58.2 Å². The Hall–Kier alpha value is -1.12. The lowest BCUT2D eigenvalue weighted by atomic mass is 10.1. The number of hydrazine groups is 1. The molecule has 3 rings (SSSR count). The van der Waals surface area contributed by atoms with E-state index in [1.165, 1.54) is 0 Å². The summed E-state index contributed by atoms with van der Waals surface area (Å²) >= 11 is 0. The van der Waals surface area contributed by atoms with Crippen LogP contribution in [0.4, 0.5) is 13.2 Å². The van der Waals surface area contributed by atoms with E-state index in [1.807, 2.05) is 0 Å². The summed E-state index contributed by atoms with van der Waals surface area (Å²) in [6, 6.07) is 3.67. The van der Waals surface area contributed by atoms with Gasteiger partial charge in [-0.2, -0.15) is 13.2 Å². The zero-order chi connectivity index (χ0) is 15.3. The molecule has 0 amide bonds. The Morgan fingerprint density at radius 3 is 2.24 bits per heavy atom. The molecule has 0 aromatic heterocycles. The minimum absolute atomic E-state index is 0.0303. The predicted molar refractivity (Wildman–Crippen MR) is 69.8 cm³/mol. The van der Waals surface area contributed by atoms with Crippen LogP contribution in [-0.2, 0) is 16.0 Å². The SMILES string of the molecule is O=S(=O)(c1ccc(C(F)(F)F)cc1)C1NNCC1C1CC1. The normalized spacial score (nSPS) is 27.0. The number of rotatable bonds is 3. The lowest BCUT2D eigenvalue weighted by Crippen LogP contribution is -2.39. The maximum atomic E-state index is 12.6. The first-order valence-corrected chi connectivity index (χ1v) is 8.24. The summed E-state index contributed by atoms with van der Waals surface area (Å²) in [5, 5.41) is -0.776. The summed E-state index contributed by atoms with van der Waals surface area (Å²) in [6.45, 7) is 0.565. The summed E-state index contributed by atoms with van der Waals surface area (Å²) in [5.74, 6) is 0.346. The van der Waals surface area contributed by atoms with Crippen molar-refractivity contribution >= 4 is 9.84 Å². The van der Waals surface area contributed by atoms with E-state index < -0.39 is 27.0 Å². The Labute approximate surface area is 120 Å². The largest absolute Gasteiger partial charge is 0.416 e. The van der Waals surface area contributed by atoms with Gasteiger partial charge in [0.2, 0.25) is 0 Å². The first-order chi connectivity index (χ1) is 9.80. The zero-order valence-electron chi connectivity index (χ0n) is 11.0. The molecule has 0 spiro atoms. The Kier molecular flexibility index (Phi) is 3.50. The van der Waals surface area contributed by atoms with Crippen molar-refractivity contribution in [3.05, 3.63) is 29.8 Å². The third kappa shape index (κ3) is 2.79. The Balaban J connectivity index is 1.87. The second kappa shape index (κ2) is 4.96. The second-order valence-corrected chi connectivity index (χ2v) is 7.58. The number of nitrogens with one attached hydrogen (secondary N) is 2. The van der Waals surface area contributed by atoms with Crippen molar-refractivity contribution in [1.82, 2.24) is 10.9 Å². The molecule has 1 heterocycles. The number of alkyl halides is 3. The minimum atomic E-state index is -4.47. The van der Waals surface area contributed by atoms with Crippen LogP contribution in [-0.4, -0.2) is 20.3 Å². The van der Waals surface area contributed by atoms with Gasteiger partial charge in [-0.1, -0.05) is 0 Å². The molecule has 1 saturated carbocycles. The van der Waals surface area contributed by atoms with Crippen LogP contribution < -0.4 is 10.9 Å². The highest BCUT2D eigenvalue weighted by molar-refractivity contribution is 7.92. The minimum Gasteiger partial charge on any atom is -0.256 e. The van der Waals surface area contributed by atoms with Crippen molar-refractivity contribution in [3.63, 3.8) is 0 Å². The van der Waals surface area contributed by atoms with Gasteiger partial charge in [-0.25, -0.2) is 13.8 Å². The highest BCUT2D eigenvalue weighted by atomic mass is 32.2. The van der Waals surface area contributed by atoms with Crippen LogP contribution in [0.25, 0.3) is 0 Å². The van der Waals surface area contributed by atoms with Gasteiger partial charge >= 0.3 is 6.18 Å². The van der Waals surface area contributed by atoms with E-state index in [-0.39, 0.29) is 10.8 Å². The Morgan fingerprint density at radius 1 is 1.10 bits per heavy atom. The monoisotopic (exact) mass is 320 g/mol. The molecule has 1 aromatic carbocycles. The summed E-state index contributed by atoms with van der Waals surface area (Å²) in [5.41, 5.74) is 4.75. The van der Waals surface area contributed by atoms with Gasteiger partial charge < -0.3 is 0 Å². The van der Waals surface area contributed by atoms with Crippen LogP contribution in [0.5, 0.6) is 0 Å². The summed E-state index contributed by atoms with van der Waals surface area (Å²) in [4.78, 5) is -0.0812. The van der Waals surface area contributed by atoms with Crippen LogP contribution in [0.2, 0.25) is 0 Å². The fourth-order valence-electron chi connectivity index (χ4n) is 2.72. The average Bonchev–Trinajstić information content (AvgIpc) is 3.14. The molecule has 1 aliphatic carbocycles. The van der Waals surface area contributed by atoms with Gasteiger partial charge in [-0.15, -0.1) is 0 Å². The molecule has 4 nitrogen and oxygen atoms in total. The predicted octanol–water partition coefficient (Wildman–Crippen LogP) is 1.94. The number of benzene rings is 1. The molecule has 2 unspecified atom stereocenters. The van der Waals surface area contributed by atoms with Gasteiger partial charge in [-0.05, 0) is 43.0 Å². The van der Waals surface area contributed by atoms with Crippen molar-refractivity contribution in [2.45, 2.75) is 29.3 Å². The standard InChI is InChI=1S/C13H15F3N2O2S/c14-13(15,16)9-3-5-10(6-4-9)21(19,20)12-11(7-17-18-12)8-1-2-8/h3-6,8,11-12,17-18H,1-2,7H2. The number of hydrogen-bond acceptors (Lipinski definition) is 4. The van der Waals surface area contributed by atoms with Gasteiger partial charge in [-0.3, -0.25) is 5.43 Å². The van der Waals surface area contributed by atoms with Gasteiger partial charge in [0.05, 0.1) is 10.5 Å². The summed E-state index contributed by atoms with van der Waals surface area (Å²) in [7, 11) is -3.70. The molecule has 116 valence electrons. The molecular formula is C13H15F3N2O2S. The lowest BCUT2D eigenvalue weighted by molar-refractivity contribution is -0.137. The first kappa shape index (κ1) is 14.8. The van der Waals surface area contributed by atoms with Gasteiger partial charge in [0.25, 0.3) is 0 Å². The number of sulfone groups is 1. The van der Waals surface area contributed by atoms with Crippen LogP contribution in [0.15, 0.2) is 29.2 Å². The molecule has 2 aliphatic rings. The van der Waals surface area contributed by atoms with E-state index in [4.69, 9.17) is 0 Å². The molecule has 8 heteroatoms. The molecule has 0 radical (unpaired) electrons. The fraction of sp³-hybridized carbons (Fsp3) is 0.538. The third-order valence-electron chi connectivity index (χ3n) is 4.04. The van der Waals surface area contributed by atoms with Crippen LogP contribution >= 0.6 is 0 Å². The first-order valence-electron chi connectivity index (χ1n) is 6.70. The van der Waals surface area contributed by atoms with Crippen LogP contribution in [0.3, 0.4) is 0 Å².